The molecular formula is C25H27N5O3S. The van der Waals surface area contributed by atoms with Crippen LogP contribution in [-0.4, -0.2) is 75.9 Å². The Labute approximate surface area is 203 Å². The minimum absolute atomic E-state index is 0.444. The number of benzene rings is 1. The van der Waals surface area contributed by atoms with Crippen molar-refractivity contribution in [2.45, 2.75) is 0 Å². The minimum Gasteiger partial charge on any atom is -0.493 e. The van der Waals surface area contributed by atoms with Crippen molar-refractivity contribution in [3.8, 4) is 35.2 Å². The number of aromatic nitrogens is 1. The van der Waals surface area contributed by atoms with Crippen molar-refractivity contribution in [2.24, 2.45) is 0 Å². The Kier molecular flexibility index (Phi) is 7.39. The fourth-order valence-electron chi connectivity index (χ4n) is 3.79. The monoisotopic (exact) mass is 477 g/mol. The molecule has 3 aromatic rings. The van der Waals surface area contributed by atoms with Gasteiger partial charge in [-0.25, -0.2) is 0 Å². The minimum atomic E-state index is 0.444. The van der Waals surface area contributed by atoms with E-state index < -0.39 is 0 Å². The van der Waals surface area contributed by atoms with Gasteiger partial charge in [-0.2, -0.15) is 5.26 Å². The summed E-state index contributed by atoms with van der Waals surface area (Å²) >= 11 is 1.52. The van der Waals surface area contributed by atoms with Gasteiger partial charge >= 0.3 is 0 Å². The number of likely N-dealkylation sites (N-methyl/N-ethyl adjacent to an activating group) is 1. The standard InChI is InChI=1S/C25H27N5O3S/c1-29-8-10-30(11-9-29)7-5-6-19-14-20-25(34-19)23(17(15-26)16-27-20)28-18-12-21(31-2)24(33-4)22(13-18)32-3/h12-14,16H,7-11H2,1-4H3,(H,27,28). The third kappa shape index (κ3) is 5.02. The summed E-state index contributed by atoms with van der Waals surface area (Å²) in [6.07, 6.45) is 1.58. The molecule has 0 atom stereocenters. The van der Waals surface area contributed by atoms with Crippen LogP contribution in [0.5, 0.6) is 17.2 Å². The van der Waals surface area contributed by atoms with Crippen molar-refractivity contribution in [3.05, 3.63) is 34.8 Å². The van der Waals surface area contributed by atoms with Crippen molar-refractivity contribution in [1.29, 1.82) is 5.26 Å². The van der Waals surface area contributed by atoms with Gasteiger partial charge in [-0.1, -0.05) is 11.8 Å². The van der Waals surface area contributed by atoms with E-state index >= 15 is 0 Å². The number of methoxy groups -OCH3 is 3. The summed E-state index contributed by atoms with van der Waals surface area (Å²) in [4.78, 5) is 10.1. The summed E-state index contributed by atoms with van der Waals surface area (Å²) in [5, 5.41) is 13.1. The normalized spacial score (nSPS) is 14.2. The van der Waals surface area contributed by atoms with Crippen molar-refractivity contribution in [3.63, 3.8) is 0 Å². The van der Waals surface area contributed by atoms with E-state index in [1.807, 2.05) is 6.07 Å². The number of nitriles is 1. The number of fused-ring (bicyclic) bond motifs is 1. The highest BCUT2D eigenvalue weighted by atomic mass is 32.1. The summed E-state index contributed by atoms with van der Waals surface area (Å²) in [6.45, 7) is 4.96. The van der Waals surface area contributed by atoms with Gasteiger partial charge in [-0.3, -0.25) is 9.88 Å². The first kappa shape index (κ1) is 23.7. The molecule has 0 bridgehead atoms. The number of piperazine rings is 1. The number of hydrogen-bond acceptors (Lipinski definition) is 9. The Morgan fingerprint density at radius 2 is 1.76 bits per heavy atom. The fraction of sp³-hybridized carbons (Fsp3) is 0.360. The summed E-state index contributed by atoms with van der Waals surface area (Å²) in [5.41, 5.74) is 2.62. The van der Waals surface area contributed by atoms with E-state index in [0.29, 0.717) is 34.2 Å². The molecule has 2 aromatic heterocycles. The highest BCUT2D eigenvalue weighted by Gasteiger charge is 2.17. The average molecular weight is 478 g/mol. The first-order valence-corrected chi connectivity index (χ1v) is 11.7. The lowest BCUT2D eigenvalue weighted by atomic mass is 10.2. The zero-order valence-electron chi connectivity index (χ0n) is 19.8. The van der Waals surface area contributed by atoms with E-state index in [1.54, 1.807) is 39.7 Å². The van der Waals surface area contributed by atoms with E-state index in [2.05, 4.69) is 45.1 Å². The average Bonchev–Trinajstić information content (AvgIpc) is 3.28. The third-order valence-electron chi connectivity index (χ3n) is 5.71. The van der Waals surface area contributed by atoms with E-state index in [9.17, 15) is 5.26 Å². The van der Waals surface area contributed by atoms with Gasteiger partial charge in [0.05, 0.1) is 54.2 Å². The molecule has 3 heterocycles. The topological polar surface area (TPSA) is 82.9 Å². The van der Waals surface area contributed by atoms with Crippen LogP contribution in [0.15, 0.2) is 24.4 Å². The quantitative estimate of drug-likeness (QED) is 0.540. The van der Waals surface area contributed by atoms with Gasteiger partial charge in [0, 0.05) is 50.2 Å². The maximum Gasteiger partial charge on any atom is 0.203 e. The predicted octanol–water partition coefficient (Wildman–Crippen LogP) is 3.54. The van der Waals surface area contributed by atoms with Crippen molar-refractivity contribution < 1.29 is 14.2 Å². The number of nitrogens with zero attached hydrogens (tertiary/aromatic N) is 4. The molecule has 1 N–H and O–H groups in total. The smallest absolute Gasteiger partial charge is 0.203 e. The molecule has 0 amide bonds. The van der Waals surface area contributed by atoms with Crippen molar-refractivity contribution >= 4 is 32.9 Å². The van der Waals surface area contributed by atoms with Crippen LogP contribution in [0.3, 0.4) is 0 Å². The molecule has 176 valence electrons. The second kappa shape index (κ2) is 10.6. The number of hydrogen-bond donors (Lipinski definition) is 1. The maximum absolute atomic E-state index is 9.72. The van der Waals surface area contributed by atoms with Gasteiger partial charge in [0.25, 0.3) is 0 Å². The van der Waals surface area contributed by atoms with Gasteiger partial charge in [-0.15, -0.1) is 11.3 Å². The fourth-order valence-corrected chi connectivity index (χ4v) is 4.78. The largest absolute Gasteiger partial charge is 0.493 e. The number of ether oxygens (including phenoxy) is 3. The van der Waals surface area contributed by atoms with Gasteiger partial charge in [-0.05, 0) is 13.1 Å². The van der Waals surface area contributed by atoms with Crippen LogP contribution in [0, 0.1) is 23.2 Å². The predicted molar refractivity (Wildman–Crippen MR) is 135 cm³/mol. The molecule has 1 saturated heterocycles. The molecule has 1 aliphatic heterocycles. The summed E-state index contributed by atoms with van der Waals surface area (Å²) < 4.78 is 17.2. The summed E-state index contributed by atoms with van der Waals surface area (Å²) in [6, 6.07) is 7.81. The SMILES string of the molecule is COc1cc(Nc2c(C#N)cnc3cc(C#CCN4CCN(C)CC4)sc23)cc(OC)c1OC. The van der Waals surface area contributed by atoms with Gasteiger partial charge in [0.15, 0.2) is 11.5 Å². The Hall–Kier alpha value is -3.50. The molecular weight excluding hydrogens is 450 g/mol. The van der Waals surface area contributed by atoms with Crippen molar-refractivity contribution in [2.75, 3.05) is 66.4 Å². The first-order chi connectivity index (χ1) is 16.6. The second-order valence-electron chi connectivity index (χ2n) is 7.90. The molecule has 1 fully saturated rings. The van der Waals surface area contributed by atoms with Gasteiger partial charge in [0.1, 0.15) is 6.07 Å². The Morgan fingerprint density at radius 3 is 2.38 bits per heavy atom. The van der Waals surface area contributed by atoms with E-state index in [4.69, 9.17) is 14.2 Å². The zero-order chi connectivity index (χ0) is 24.1. The lowest BCUT2D eigenvalue weighted by Crippen LogP contribution is -2.44. The number of thiophene rings is 1. The molecule has 0 unspecified atom stereocenters. The Bertz CT molecular complexity index is 1250. The lowest BCUT2D eigenvalue weighted by Gasteiger charge is -2.30. The highest BCUT2D eigenvalue weighted by molar-refractivity contribution is 7.20. The molecule has 0 aliphatic carbocycles. The Balaban J connectivity index is 1.64. The zero-order valence-corrected chi connectivity index (χ0v) is 20.6. The molecule has 0 spiro atoms. The maximum atomic E-state index is 9.72. The highest BCUT2D eigenvalue weighted by Crippen LogP contribution is 2.42. The number of rotatable bonds is 6. The summed E-state index contributed by atoms with van der Waals surface area (Å²) in [5.74, 6) is 8.12. The second-order valence-corrected chi connectivity index (χ2v) is 8.96. The Morgan fingerprint density at radius 1 is 1.06 bits per heavy atom. The first-order valence-electron chi connectivity index (χ1n) is 10.9. The van der Waals surface area contributed by atoms with Crippen LogP contribution in [0.2, 0.25) is 0 Å². The van der Waals surface area contributed by atoms with Crippen LogP contribution in [0.1, 0.15) is 10.4 Å². The molecule has 9 heteroatoms. The number of nitrogens with one attached hydrogen (secondary N) is 1. The van der Waals surface area contributed by atoms with Crippen LogP contribution >= 0.6 is 11.3 Å². The van der Waals surface area contributed by atoms with Crippen LogP contribution in [0.25, 0.3) is 10.2 Å². The van der Waals surface area contributed by atoms with Crippen molar-refractivity contribution in [1.82, 2.24) is 14.8 Å². The molecule has 1 aliphatic rings. The van der Waals surface area contributed by atoms with Crippen LogP contribution in [0.4, 0.5) is 11.4 Å². The molecule has 8 nitrogen and oxygen atoms in total. The summed E-state index contributed by atoms with van der Waals surface area (Å²) in [7, 11) is 6.84. The van der Waals surface area contributed by atoms with E-state index in [-0.39, 0.29) is 0 Å². The van der Waals surface area contributed by atoms with Crippen LogP contribution < -0.4 is 19.5 Å². The molecule has 1 aromatic carbocycles. The molecule has 0 radical (unpaired) electrons. The van der Waals surface area contributed by atoms with Gasteiger partial charge in [0.2, 0.25) is 5.75 Å². The molecule has 0 saturated carbocycles. The number of pyridine rings is 1. The number of anilines is 2. The molecule has 4 rings (SSSR count). The van der Waals surface area contributed by atoms with Crippen LogP contribution in [-0.2, 0) is 0 Å². The van der Waals surface area contributed by atoms with E-state index in [1.165, 1.54) is 11.3 Å². The van der Waals surface area contributed by atoms with E-state index in [0.717, 1.165) is 47.8 Å². The lowest BCUT2D eigenvalue weighted by molar-refractivity contribution is 0.168. The third-order valence-corrected chi connectivity index (χ3v) is 6.76. The molecule has 34 heavy (non-hydrogen) atoms. The van der Waals surface area contributed by atoms with Gasteiger partial charge < -0.3 is 24.4 Å².